The molecule has 3 rings (SSSR count). The van der Waals surface area contributed by atoms with Crippen LogP contribution in [0.1, 0.15) is 24.0 Å². The lowest BCUT2D eigenvalue weighted by atomic mass is 9.96. The summed E-state index contributed by atoms with van der Waals surface area (Å²) in [6.45, 7) is 3.00. The van der Waals surface area contributed by atoms with Gasteiger partial charge in [-0.05, 0) is 43.0 Å². The van der Waals surface area contributed by atoms with Gasteiger partial charge in [0.15, 0.2) is 0 Å². The number of hydrogen-bond donors (Lipinski definition) is 1. The van der Waals surface area contributed by atoms with Gasteiger partial charge in [0.1, 0.15) is 11.6 Å². The Hall–Kier alpha value is -3.16. The molecule has 2 aromatic carbocycles. The van der Waals surface area contributed by atoms with Gasteiger partial charge in [0, 0.05) is 31.6 Å². The van der Waals surface area contributed by atoms with E-state index in [-0.39, 0.29) is 29.5 Å². The number of methoxy groups -OCH3 is 1. The van der Waals surface area contributed by atoms with Crippen molar-refractivity contribution in [3.05, 3.63) is 57.4 Å². The number of nitrogens with one attached hydrogen (secondary N) is 1. The molecule has 2 aromatic rings. The number of hydrogen-bond acceptors (Lipinski definition) is 5. The summed E-state index contributed by atoms with van der Waals surface area (Å²) in [5.41, 5.74) is 2.72. The van der Waals surface area contributed by atoms with E-state index in [0.29, 0.717) is 24.5 Å². The van der Waals surface area contributed by atoms with Gasteiger partial charge in [0.25, 0.3) is 5.69 Å². The zero-order valence-electron chi connectivity index (χ0n) is 15.8. The molecule has 8 heteroatoms. The van der Waals surface area contributed by atoms with E-state index in [9.17, 15) is 19.3 Å². The lowest BCUT2D eigenvalue weighted by molar-refractivity contribution is -0.384. The van der Waals surface area contributed by atoms with Crippen molar-refractivity contribution in [3.63, 3.8) is 0 Å². The number of non-ortho nitro benzene ring substituents is 1. The Morgan fingerprint density at radius 1 is 1.36 bits per heavy atom. The van der Waals surface area contributed by atoms with Crippen molar-refractivity contribution in [1.82, 2.24) is 0 Å². The van der Waals surface area contributed by atoms with Gasteiger partial charge in [-0.3, -0.25) is 14.9 Å². The average molecular weight is 387 g/mol. The van der Waals surface area contributed by atoms with Crippen molar-refractivity contribution in [2.75, 3.05) is 30.4 Å². The zero-order valence-corrected chi connectivity index (χ0v) is 15.8. The van der Waals surface area contributed by atoms with E-state index >= 15 is 0 Å². The molecule has 1 aliphatic heterocycles. The number of benzene rings is 2. The predicted octanol–water partition coefficient (Wildman–Crippen LogP) is 3.83. The molecular weight excluding hydrogens is 365 g/mol. The number of nitrogens with zero attached hydrogens (tertiary/aromatic N) is 2. The van der Waals surface area contributed by atoms with Crippen LogP contribution in [0.15, 0.2) is 30.3 Å². The van der Waals surface area contributed by atoms with E-state index in [1.54, 1.807) is 6.07 Å². The van der Waals surface area contributed by atoms with Gasteiger partial charge in [-0.15, -0.1) is 0 Å². The largest absolute Gasteiger partial charge is 0.495 e. The van der Waals surface area contributed by atoms with Crippen LogP contribution in [0.25, 0.3) is 0 Å². The highest BCUT2D eigenvalue weighted by molar-refractivity contribution is 5.93. The summed E-state index contributed by atoms with van der Waals surface area (Å²) < 4.78 is 19.5. The first-order valence-corrected chi connectivity index (χ1v) is 9.06. The van der Waals surface area contributed by atoms with Crippen molar-refractivity contribution in [2.45, 2.75) is 26.2 Å². The quantitative estimate of drug-likeness (QED) is 0.601. The highest BCUT2D eigenvalue weighted by Crippen LogP contribution is 2.33. The van der Waals surface area contributed by atoms with Crippen LogP contribution in [0.4, 0.5) is 21.5 Å². The minimum Gasteiger partial charge on any atom is -0.495 e. The maximum Gasteiger partial charge on any atom is 0.271 e. The molecule has 148 valence electrons. The van der Waals surface area contributed by atoms with Gasteiger partial charge in [-0.2, -0.15) is 0 Å². The summed E-state index contributed by atoms with van der Waals surface area (Å²) in [5.74, 6) is -0.260. The lowest BCUT2D eigenvalue weighted by Crippen LogP contribution is -2.33. The molecule has 0 spiro atoms. The number of halogens is 1. The Morgan fingerprint density at radius 3 is 2.86 bits per heavy atom. The van der Waals surface area contributed by atoms with E-state index in [2.05, 4.69) is 5.32 Å². The standard InChI is InChI=1S/C20H22FN3O4/c1-13-5-7-16(21)20-15(13)4-3-10-23(20)11-9-19(25)22-17-12-14(24(26)27)6-8-18(17)28-2/h5-8,12H,3-4,9-11H2,1-2H3,(H,22,25). The van der Waals surface area contributed by atoms with Crippen molar-refractivity contribution >= 4 is 23.0 Å². The fourth-order valence-corrected chi connectivity index (χ4v) is 3.50. The summed E-state index contributed by atoms with van der Waals surface area (Å²) >= 11 is 0. The molecule has 1 N–H and O–H groups in total. The number of nitro groups is 1. The van der Waals surface area contributed by atoms with Crippen molar-refractivity contribution < 1.29 is 18.8 Å². The minimum atomic E-state index is -0.537. The van der Waals surface area contributed by atoms with Gasteiger partial charge in [-0.25, -0.2) is 4.39 Å². The number of fused-ring (bicyclic) bond motifs is 1. The molecule has 0 atom stereocenters. The zero-order chi connectivity index (χ0) is 20.3. The van der Waals surface area contributed by atoms with Crippen LogP contribution in [-0.2, 0) is 11.2 Å². The first-order valence-electron chi connectivity index (χ1n) is 9.06. The van der Waals surface area contributed by atoms with Gasteiger partial charge in [-0.1, -0.05) is 6.07 Å². The van der Waals surface area contributed by atoms with Crippen molar-refractivity contribution in [3.8, 4) is 5.75 Å². The van der Waals surface area contributed by atoms with E-state index in [4.69, 9.17) is 4.74 Å². The average Bonchev–Trinajstić information content (AvgIpc) is 2.69. The van der Waals surface area contributed by atoms with E-state index < -0.39 is 4.92 Å². The fourth-order valence-electron chi connectivity index (χ4n) is 3.50. The maximum absolute atomic E-state index is 14.4. The second-order valence-electron chi connectivity index (χ2n) is 6.72. The highest BCUT2D eigenvalue weighted by atomic mass is 19.1. The smallest absolute Gasteiger partial charge is 0.271 e. The van der Waals surface area contributed by atoms with Crippen LogP contribution in [0, 0.1) is 22.9 Å². The molecule has 0 unspecified atom stereocenters. The van der Waals surface area contributed by atoms with Crippen LogP contribution >= 0.6 is 0 Å². The van der Waals surface area contributed by atoms with E-state index in [0.717, 1.165) is 24.0 Å². The molecule has 0 fully saturated rings. The van der Waals surface area contributed by atoms with Gasteiger partial charge in [0.05, 0.1) is 23.4 Å². The van der Waals surface area contributed by atoms with Crippen LogP contribution < -0.4 is 15.0 Å². The highest BCUT2D eigenvalue weighted by Gasteiger charge is 2.23. The third-order valence-corrected chi connectivity index (χ3v) is 4.92. The van der Waals surface area contributed by atoms with Crippen LogP contribution in [-0.4, -0.2) is 31.0 Å². The van der Waals surface area contributed by atoms with Crippen LogP contribution in [0.3, 0.4) is 0 Å². The molecule has 0 bridgehead atoms. The molecule has 0 saturated carbocycles. The molecule has 0 aliphatic carbocycles. The van der Waals surface area contributed by atoms with Crippen molar-refractivity contribution in [2.24, 2.45) is 0 Å². The minimum absolute atomic E-state index is 0.124. The summed E-state index contributed by atoms with van der Waals surface area (Å²) in [4.78, 5) is 24.7. The Labute approximate surface area is 162 Å². The molecule has 0 radical (unpaired) electrons. The predicted molar refractivity (Wildman–Crippen MR) is 105 cm³/mol. The summed E-state index contributed by atoms with van der Waals surface area (Å²) in [6.07, 6.45) is 1.85. The molecule has 1 aliphatic rings. The summed E-state index contributed by atoms with van der Waals surface area (Å²) in [6, 6.07) is 7.24. The normalized spacial score (nSPS) is 13.0. The number of anilines is 2. The first kappa shape index (κ1) is 19.6. The Bertz CT molecular complexity index is 917. The summed E-state index contributed by atoms with van der Waals surface area (Å²) in [7, 11) is 1.42. The number of ether oxygens (including phenoxy) is 1. The van der Waals surface area contributed by atoms with Crippen LogP contribution in [0.5, 0.6) is 5.75 Å². The summed E-state index contributed by atoms with van der Waals surface area (Å²) in [5, 5.41) is 13.6. The van der Waals surface area contributed by atoms with Gasteiger partial charge >= 0.3 is 0 Å². The Morgan fingerprint density at radius 2 is 2.14 bits per heavy atom. The Kier molecular flexibility index (Phi) is 5.77. The molecule has 7 nitrogen and oxygen atoms in total. The molecule has 0 aromatic heterocycles. The number of carbonyl (C=O) groups excluding carboxylic acids is 1. The first-order chi connectivity index (χ1) is 13.4. The molecule has 1 heterocycles. The van der Waals surface area contributed by atoms with Crippen LogP contribution in [0.2, 0.25) is 0 Å². The maximum atomic E-state index is 14.4. The Balaban J connectivity index is 1.71. The SMILES string of the molecule is COc1ccc([N+](=O)[O-])cc1NC(=O)CCN1CCCc2c(C)ccc(F)c21. The third kappa shape index (κ3) is 4.05. The monoisotopic (exact) mass is 387 g/mol. The lowest BCUT2D eigenvalue weighted by Gasteiger charge is -2.32. The molecule has 1 amide bonds. The number of nitro benzene ring substituents is 1. The number of amides is 1. The van der Waals surface area contributed by atoms with Crippen molar-refractivity contribution in [1.29, 1.82) is 0 Å². The number of aryl methyl sites for hydroxylation is 1. The topological polar surface area (TPSA) is 84.7 Å². The second-order valence-corrected chi connectivity index (χ2v) is 6.72. The fraction of sp³-hybridized carbons (Fsp3) is 0.350. The molecule has 28 heavy (non-hydrogen) atoms. The molecular formula is C20H22FN3O4. The number of carbonyl (C=O) groups is 1. The number of rotatable bonds is 6. The molecule has 0 saturated heterocycles. The van der Waals surface area contributed by atoms with E-state index in [1.165, 1.54) is 31.4 Å². The van der Waals surface area contributed by atoms with Gasteiger partial charge < -0.3 is 15.0 Å². The second kappa shape index (κ2) is 8.24. The third-order valence-electron chi connectivity index (χ3n) is 4.92. The van der Waals surface area contributed by atoms with Gasteiger partial charge in [0.2, 0.25) is 5.91 Å². The van der Waals surface area contributed by atoms with E-state index in [1.807, 2.05) is 11.8 Å².